The number of nitrogens with one attached hydrogen (secondary N) is 1. The summed E-state index contributed by atoms with van der Waals surface area (Å²) in [5, 5.41) is 3.84. The SMILES string of the molecule is CN(C)c1ccc(/C=N/NC(=O)OC(C)(C)C)cc1. The van der Waals surface area contributed by atoms with Crippen LogP contribution < -0.4 is 10.3 Å². The maximum Gasteiger partial charge on any atom is 0.428 e. The van der Waals surface area contributed by atoms with E-state index < -0.39 is 11.7 Å². The minimum Gasteiger partial charge on any atom is -0.443 e. The van der Waals surface area contributed by atoms with E-state index in [9.17, 15) is 4.79 Å². The summed E-state index contributed by atoms with van der Waals surface area (Å²) in [6, 6.07) is 7.81. The van der Waals surface area contributed by atoms with Crippen LogP contribution in [-0.4, -0.2) is 32.0 Å². The molecule has 0 atom stereocenters. The summed E-state index contributed by atoms with van der Waals surface area (Å²) in [6.45, 7) is 5.41. The van der Waals surface area contributed by atoms with Crippen LogP contribution in [0.4, 0.5) is 10.5 Å². The molecule has 0 aliphatic carbocycles. The normalized spacial score (nSPS) is 11.4. The Balaban J connectivity index is 2.51. The number of anilines is 1. The Bertz CT molecular complexity index is 445. The lowest BCUT2D eigenvalue weighted by atomic mass is 10.2. The van der Waals surface area contributed by atoms with Crippen molar-refractivity contribution in [2.45, 2.75) is 26.4 Å². The average molecular weight is 263 g/mol. The summed E-state index contributed by atoms with van der Waals surface area (Å²) < 4.78 is 5.06. The Hall–Kier alpha value is -2.04. The highest BCUT2D eigenvalue weighted by Gasteiger charge is 2.15. The van der Waals surface area contributed by atoms with Gasteiger partial charge in [-0.2, -0.15) is 5.10 Å². The predicted molar refractivity (Wildman–Crippen MR) is 77.7 cm³/mol. The molecule has 0 saturated heterocycles. The molecule has 5 nitrogen and oxygen atoms in total. The van der Waals surface area contributed by atoms with Crippen molar-refractivity contribution in [1.82, 2.24) is 5.43 Å². The molecule has 1 amide bonds. The van der Waals surface area contributed by atoms with E-state index in [1.54, 1.807) is 27.0 Å². The molecule has 0 radical (unpaired) electrons. The third-order valence-corrected chi connectivity index (χ3v) is 2.18. The number of amides is 1. The zero-order valence-electron chi connectivity index (χ0n) is 12.1. The first-order chi connectivity index (χ1) is 8.78. The van der Waals surface area contributed by atoms with E-state index in [1.807, 2.05) is 43.3 Å². The molecule has 0 aliphatic heterocycles. The van der Waals surface area contributed by atoms with Gasteiger partial charge in [-0.15, -0.1) is 0 Å². The number of benzene rings is 1. The van der Waals surface area contributed by atoms with Crippen molar-refractivity contribution in [3.63, 3.8) is 0 Å². The third-order valence-electron chi connectivity index (χ3n) is 2.18. The smallest absolute Gasteiger partial charge is 0.428 e. The average Bonchev–Trinajstić information content (AvgIpc) is 2.27. The van der Waals surface area contributed by atoms with Gasteiger partial charge in [0.05, 0.1) is 6.21 Å². The Morgan fingerprint density at radius 3 is 2.32 bits per heavy atom. The molecule has 0 spiro atoms. The summed E-state index contributed by atoms with van der Waals surface area (Å²) in [6.07, 6.45) is 1.01. The molecule has 1 aromatic carbocycles. The minimum absolute atomic E-state index is 0.521. The first-order valence-electron chi connectivity index (χ1n) is 6.07. The van der Waals surface area contributed by atoms with E-state index in [1.165, 1.54) is 0 Å². The zero-order valence-corrected chi connectivity index (χ0v) is 12.1. The maximum atomic E-state index is 11.3. The Labute approximate surface area is 114 Å². The molecule has 104 valence electrons. The number of rotatable bonds is 3. The van der Waals surface area contributed by atoms with E-state index in [-0.39, 0.29) is 0 Å². The highest BCUT2D eigenvalue weighted by molar-refractivity contribution is 5.81. The molecule has 0 heterocycles. The quantitative estimate of drug-likeness (QED) is 0.673. The van der Waals surface area contributed by atoms with Crippen LogP contribution in [0.1, 0.15) is 26.3 Å². The van der Waals surface area contributed by atoms with Crippen molar-refractivity contribution >= 4 is 18.0 Å². The van der Waals surface area contributed by atoms with Gasteiger partial charge in [0.2, 0.25) is 0 Å². The fourth-order valence-corrected chi connectivity index (χ4v) is 1.32. The van der Waals surface area contributed by atoms with Crippen molar-refractivity contribution in [2.24, 2.45) is 5.10 Å². The largest absolute Gasteiger partial charge is 0.443 e. The second-order valence-electron chi connectivity index (χ2n) is 5.36. The number of hydrogen-bond acceptors (Lipinski definition) is 4. The van der Waals surface area contributed by atoms with Crippen LogP contribution in [0.2, 0.25) is 0 Å². The first-order valence-corrected chi connectivity index (χ1v) is 6.07. The van der Waals surface area contributed by atoms with Gasteiger partial charge in [-0.25, -0.2) is 10.2 Å². The highest BCUT2D eigenvalue weighted by atomic mass is 16.6. The number of carbonyl (C=O) groups excluding carboxylic acids is 1. The number of hydrogen-bond donors (Lipinski definition) is 1. The van der Waals surface area contributed by atoms with Gasteiger partial charge in [0.15, 0.2) is 0 Å². The summed E-state index contributed by atoms with van der Waals surface area (Å²) in [7, 11) is 3.96. The van der Waals surface area contributed by atoms with Gasteiger partial charge in [0.25, 0.3) is 0 Å². The summed E-state index contributed by atoms with van der Waals surface area (Å²) in [4.78, 5) is 13.4. The Kier molecular flexibility index (Phi) is 4.92. The predicted octanol–water partition coefficient (Wildman–Crippen LogP) is 2.61. The summed E-state index contributed by atoms with van der Waals surface area (Å²) in [5.41, 5.74) is 3.81. The van der Waals surface area contributed by atoms with Crippen LogP contribution in [0, 0.1) is 0 Å². The molecule has 0 saturated carbocycles. The van der Waals surface area contributed by atoms with Crippen LogP contribution in [0.25, 0.3) is 0 Å². The molecule has 0 fully saturated rings. The van der Waals surface area contributed by atoms with Crippen LogP contribution in [-0.2, 0) is 4.74 Å². The number of hydrazone groups is 1. The molecule has 1 N–H and O–H groups in total. The van der Waals surface area contributed by atoms with Gasteiger partial charge in [0, 0.05) is 19.8 Å². The topological polar surface area (TPSA) is 53.9 Å². The van der Waals surface area contributed by atoms with Gasteiger partial charge in [-0.1, -0.05) is 12.1 Å². The molecular formula is C14H21N3O2. The van der Waals surface area contributed by atoms with E-state index in [0.717, 1.165) is 11.3 Å². The van der Waals surface area contributed by atoms with E-state index >= 15 is 0 Å². The molecule has 0 aromatic heterocycles. The fourth-order valence-electron chi connectivity index (χ4n) is 1.32. The second kappa shape index (κ2) is 6.22. The van der Waals surface area contributed by atoms with Gasteiger partial charge in [-0.3, -0.25) is 0 Å². The maximum absolute atomic E-state index is 11.3. The van der Waals surface area contributed by atoms with Crippen molar-refractivity contribution < 1.29 is 9.53 Å². The van der Waals surface area contributed by atoms with Crippen LogP contribution in [0.15, 0.2) is 29.4 Å². The number of carbonyl (C=O) groups is 1. The van der Waals surface area contributed by atoms with Crippen molar-refractivity contribution in [3.8, 4) is 0 Å². The van der Waals surface area contributed by atoms with Crippen LogP contribution in [0.3, 0.4) is 0 Å². The van der Waals surface area contributed by atoms with Crippen molar-refractivity contribution in [3.05, 3.63) is 29.8 Å². The summed E-state index contributed by atoms with van der Waals surface area (Å²) >= 11 is 0. The monoisotopic (exact) mass is 263 g/mol. The highest BCUT2D eigenvalue weighted by Crippen LogP contribution is 2.11. The minimum atomic E-state index is -0.561. The second-order valence-corrected chi connectivity index (χ2v) is 5.36. The Morgan fingerprint density at radius 1 is 1.26 bits per heavy atom. The van der Waals surface area contributed by atoms with Crippen LogP contribution in [0.5, 0.6) is 0 Å². The van der Waals surface area contributed by atoms with E-state index in [2.05, 4.69) is 10.5 Å². The van der Waals surface area contributed by atoms with Crippen LogP contribution >= 0.6 is 0 Å². The van der Waals surface area contributed by atoms with Gasteiger partial charge < -0.3 is 9.64 Å². The third kappa shape index (κ3) is 5.90. The summed E-state index contributed by atoms with van der Waals surface area (Å²) in [5.74, 6) is 0. The molecule has 0 unspecified atom stereocenters. The fraction of sp³-hybridized carbons (Fsp3) is 0.429. The molecule has 0 bridgehead atoms. The van der Waals surface area contributed by atoms with Gasteiger partial charge >= 0.3 is 6.09 Å². The standard InChI is InChI=1S/C14H21N3O2/c1-14(2,3)19-13(18)16-15-10-11-6-8-12(9-7-11)17(4)5/h6-10H,1-5H3,(H,16,18)/b15-10+. The van der Waals surface area contributed by atoms with Crippen molar-refractivity contribution in [1.29, 1.82) is 0 Å². The van der Waals surface area contributed by atoms with Crippen molar-refractivity contribution in [2.75, 3.05) is 19.0 Å². The number of ether oxygens (including phenoxy) is 1. The van der Waals surface area contributed by atoms with Gasteiger partial charge in [-0.05, 0) is 38.5 Å². The van der Waals surface area contributed by atoms with E-state index in [4.69, 9.17) is 4.74 Å². The lowest BCUT2D eigenvalue weighted by molar-refractivity contribution is 0.0529. The first kappa shape index (κ1) is 15.0. The van der Waals surface area contributed by atoms with Gasteiger partial charge in [0.1, 0.15) is 5.60 Å². The zero-order chi connectivity index (χ0) is 14.5. The lowest BCUT2D eigenvalue weighted by Gasteiger charge is -2.18. The lowest BCUT2D eigenvalue weighted by Crippen LogP contribution is -2.29. The molecule has 5 heteroatoms. The Morgan fingerprint density at radius 2 is 1.84 bits per heavy atom. The molecule has 1 rings (SSSR count). The number of nitrogens with zero attached hydrogens (tertiary/aromatic N) is 2. The molecule has 0 aliphatic rings. The molecular weight excluding hydrogens is 242 g/mol. The van der Waals surface area contributed by atoms with E-state index in [0.29, 0.717) is 0 Å². The molecule has 19 heavy (non-hydrogen) atoms. The molecule has 1 aromatic rings.